The number of unbranched alkanes of at least 4 members (excludes halogenated alkanes) is 7. The predicted molar refractivity (Wildman–Crippen MR) is 126 cm³/mol. The van der Waals surface area contributed by atoms with E-state index >= 15 is 0 Å². The standard InChI is InChI=1S/C27H36N2O4/c30-25-23-21-14-15-22(18-21)24(23)26(31)29(25)17-11-6-4-2-1-3-5-10-16-28-27(32)33-19-20-12-8-7-9-13-20/h7-9,12-15,21-24H,1-6,10-11,16-19H2,(H,28,32)/t21-,22+,23-,24+. The fourth-order valence-electron chi connectivity index (χ4n) is 5.60. The van der Waals surface area contributed by atoms with Gasteiger partial charge >= 0.3 is 6.09 Å². The lowest BCUT2D eigenvalue weighted by molar-refractivity contribution is -0.140. The number of carbonyl (C=O) groups excluding carboxylic acids is 3. The van der Waals surface area contributed by atoms with E-state index in [1.54, 1.807) is 4.90 Å². The molecule has 6 nitrogen and oxygen atoms in total. The van der Waals surface area contributed by atoms with Crippen LogP contribution in [0.25, 0.3) is 0 Å². The van der Waals surface area contributed by atoms with Crippen LogP contribution in [-0.4, -0.2) is 35.9 Å². The number of nitrogens with zero attached hydrogens (tertiary/aromatic N) is 1. The van der Waals surface area contributed by atoms with Crippen LogP contribution in [0, 0.1) is 23.7 Å². The number of ether oxygens (including phenoxy) is 1. The van der Waals surface area contributed by atoms with Gasteiger partial charge in [0.25, 0.3) is 0 Å². The summed E-state index contributed by atoms with van der Waals surface area (Å²) in [7, 11) is 0. The maximum Gasteiger partial charge on any atom is 0.407 e. The van der Waals surface area contributed by atoms with E-state index in [0.717, 1.165) is 50.5 Å². The van der Waals surface area contributed by atoms with Crippen molar-refractivity contribution in [2.75, 3.05) is 13.1 Å². The van der Waals surface area contributed by atoms with Crippen molar-refractivity contribution in [1.82, 2.24) is 10.2 Å². The Morgan fingerprint density at radius 2 is 1.42 bits per heavy atom. The Labute approximate surface area is 196 Å². The maximum atomic E-state index is 12.7. The van der Waals surface area contributed by atoms with Gasteiger partial charge in [0, 0.05) is 13.1 Å². The zero-order valence-electron chi connectivity index (χ0n) is 19.4. The van der Waals surface area contributed by atoms with E-state index in [9.17, 15) is 14.4 Å². The molecule has 2 aliphatic carbocycles. The first-order valence-electron chi connectivity index (χ1n) is 12.6. The minimum absolute atomic E-state index is 0.0623. The first kappa shape index (κ1) is 23.5. The second kappa shape index (κ2) is 11.5. The molecule has 2 bridgehead atoms. The van der Waals surface area contributed by atoms with Gasteiger partial charge in [0.05, 0.1) is 11.8 Å². The fourth-order valence-corrected chi connectivity index (χ4v) is 5.60. The molecule has 178 valence electrons. The zero-order valence-corrected chi connectivity index (χ0v) is 19.4. The highest BCUT2D eigenvalue weighted by molar-refractivity contribution is 6.06. The normalized spacial score (nSPS) is 25.0. The molecule has 0 radical (unpaired) electrons. The summed E-state index contributed by atoms with van der Waals surface area (Å²) in [4.78, 5) is 38.6. The molecule has 3 amide bonds. The highest BCUT2D eigenvalue weighted by Gasteiger charge is 2.58. The molecule has 1 aromatic carbocycles. The number of hydrogen-bond donors (Lipinski definition) is 1. The lowest BCUT2D eigenvalue weighted by atomic mass is 9.85. The first-order chi connectivity index (χ1) is 16.1. The smallest absolute Gasteiger partial charge is 0.407 e. The SMILES string of the molecule is O=C(NCCCCCCCCCCN1C(=O)[C@@H]2[C@H](C1=O)[C@@H]1C=C[C@H]2C1)OCc1ccccc1. The molecular formula is C27H36N2O4. The zero-order chi connectivity index (χ0) is 23.0. The van der Waals surface area contributed by atoms with E-state index in [2.05, 4.69) is 17.5 Å². The molecule has 1 N–H and O–H groups in total. The number of carbonyl (C=O) groups is 3. The van der Waals surface area contributed by atoms with Gasteiger partial charge in [0.2, 0.25) is 11.8 Å². The van der Waals surface area contributed by atoms with Crippen molar-refractivity contribution in [3.8, 4) is 0 Å². The number of benzene rings is 1. The molecule has 1 saturated heterocycles. The molecule has 4 atom stereocenters. The quantitative estimate of drug-likeness (QED) is 0.264. The average molecular weight is 453 g/mol. The number of amides is 3. The van der Waals surface area contributed by atoms with Gasteiger partial charge in [-0.25, -0.2) is 4.79 Å². The van der Waals surface area contributed by atoms with Crippen LogP contribution in [0.15, 0.2) is 42.5 Å². The van der Waals surface area contributed by atoms with E-state index in [1.165, 1.54) is 12.8 Å². The van der Waals surface area contributed by atoms with E-state index in [4.69, 9.17) is 4.74 Å². The lowest BCUT2D eigenvalue weighted by Gasteiger charge is -2.17. The van der Waals surface area contributed by atoms with E-state index in [1.807, 2.05) is 30.3 Å². The van der Waals surface area contributed by atoms with Crippen LogP contribution in [-0.2, 0) is 20.9 Å². The lowest BCUT2D eigenvalue weighted by Crippen LogP contribution is -2.33. The predicted octanol–water partition coefficient (Wildman–Crippen LogP) is 4.84. The summed E-state index contributed by atoms with van der Waals surface area (Å²) in [6.07, 6.45) is 13.6. The summed E-state index contributed by atoms with van der Waals surface area (Å²) in [5.74, 6) is 0.646. The molecule has 1 aliphatic heterocycles. The van der Waals surface area contributed by atoms with E-state index < -0.39 is 0 Å². The minimum Gasteiger partial charge on any atom is -0.445 e. The summed E-state index contributed by atoms with van der Waals surface area (Å²) >= 11 is 0. The van der Waals surface area contributed by atoms with Gasteiger partial charge in [-0.15, -0.1) is 0 Å². The third kappa shape index (κ3) is 5.84. The molecule has 33 heavy (non-hydrogen) atoms. The van der Waals surface area contributed by atoms with Gasteiger partial charge in [-0.05, 0) is 36.7 Å². The van der Waals surface area contributed by atoms with Gasteiger partial charge in [-0.1, -0.05) is 81.0 Å². The van der Waals surface area contributed by atoms with Crippen LogP contribution < -0.4 is 5.32 Å². The summed E-state index contributed by atoms with van der Waals surface area (Å²) in [5.41, 5.74) is 0.984. The number of hydrogen-bond acceptors (Lipinski definition) is 4. The van der Waals surface area contributed by atoms with E-state index in [0.29, 0.717) is 31.5 Å². The van der Waals surface area contributed by atoms with Gasteiger partial charge in [-0.2, -0.15) is 0 Å². The second-order valence-corrected chi connectivity index (χ2v) is 9.64. The van der Waals surface area contributed by atoms with Gasteiger partial charge < -0.3 is 10.1 Å². The van der Waals surface area contributed by atoms with Crippen LogP contribution in [0.4, 0.5) is 4.79 Å². The summed E-state index contributed by atoms with van der Waals surface area (Å²) in [6.45, 7) is 1.53. The van der Waals surface area contributed by atoms with E-state index in [-0.39, 0.29) is 29.7 Å². The van der Waals surface area contributed by atoms with Crippen molar-refractivity contribution in [1.29, 1.82) is 0 Å². The monoisotopic (exact) mass is 452 g/mol. The first-order valence-corrected chi connectivity index (χ1v) is 12.6. The maximum absolute atomic E-state index is 12.7. The molecule has 0 aromatic heterocycles. The van der Waals surface area contributed by atoms with Crippen molar-refractivity contribution >= 4 is 17.9 Å². The molecule has 1 heterocycles. The van der Waals surface area contributed by atoms with Crippen molar-refractivity contribution in [3.63, 3.8) is 0 Å². The Bertz CT molecular complexity index is 823. The third-order valence-corrected chi connectivity index (χ3v) is 7.35. The fraction of sp³-hybridized carbons (Fsp3) is 0.593. The number of alkyl carbamates (subject to hydrolysis) is 1. The highest BCUT2D eigenvalue weighted by atomic mass is 16.5. The molecule has 6 heteroatoms. The van der Waals surface area contributed by atoms with Crippen LogP contribution in [0.1, 0.15) is 63.4 Å². The number of rotatable bonds is 13. The Hall–Kier alpha value is -2.63. The van der Waals surface area contributed by atoms with Crippen molar-refractivity contribution in [3.05, 3.63) is 48.0 Å². The molecule has 4 rings (SSSR count). The topological polar surface area (TPSA) is 75.7 Å². The second-order valence-electron chi connectivity index (χ2n) is 9.64. The number of likely N-dealkylation sites (tertiary alicyclic amines) is 1. The Balaban J connectivity index is 0.961. The molecule has 0 unspecified atom stereocenters. The van der Waals surface area contributed by atoms with Crippen molar-refractivity contribution in [2.45, 2.75) is 64.4 Å². The Kier molecular flexibility index (Phi) is 8.19. The molecular weight excluding hydrogens is 416 g/mol. The van der Waals surface area contributed by atoms with Crippen molar-refractivity contribution in [2.24, 2.45) is 23.7 Å². The third-order valence-electron chi connectivity index (χ3n) is 7.35. The van der Waals surface area contributed by atoms with Gasteiger partial charge in [0.15, 0.2) is 0 Å². The number of nitrogens with one attached hydrogen (secondary N) is 1. The molecule has 1 aromatic rings. The summed E-state index contributed by atoms with van der Waals surface area (Å²) < 4.78 is 5.20. The average Bonchev–Trinajstić information content (AvgIpc) is 3.51. The molecule has 1 saturated carbocycles. The van der Waals surface area contributed by atoms with Crippen LogP contribution in [0.5, 0.6) is 0 Å². The van der Waals surface area contributed by atoms with Gasteiger partial charge in [0.1, 0.15) is 6.61 Å². The highest BCUT2D eigenvalue weighted by Crippen LogP contribution is 2.52. The number of imide groups is 1. The summed E-state index contributed by atoms with van der Waals surface area (Å²) in [5, 5.41) is 2.80. The number of fused-ring (bicyclic) bond motifs is 5. The summed E-state index contributed by atoms with van der Waals surface area (Å²) in [6, 6.07) is 9.66. The van der Waals surface area contributed by atoms with Crippen molar-refractivity contribution < 1.29 is 19.1 Å². The van der Waals surface area contributed by atoms with Crippen LogP contribution in [0.3, 0.4) is 0 Å². The Morgan fingerprint density at radius 3 is 2.06 bits per heavy atom. The minimum atomic E-state index is -0.360. The Morgan fingerprint density at radius 1 is 0.848 bits per heavy atom. The molecule has 2 fully saturated rings. The van der Waals surface area contributed by atoms with Crippen LogP contribution >= 0.6 is 0 Å². The van der Waals surface area contributed by atoms with Crippen LogP contribution in [0.2, 0.25) is 0 Å². The largest absolute Gasteiger partial charge is 0.445 e. The molecule has 0 spiro atoms. The molecule has 3 aliphatic rings. The van der Waals surface area contributed by atoms with Gasteiger partial charge in [-0.3, -0.25) is 14.5 Å². The number of allylic oxidation sites excluding steroid dienone is 2.